The van der Waals surface area contributed by atoms with E-state index in [1.54, 1.807) is 5.32 Å². The number of rotatable bonds is 7. The maximum Gasteiger partial charge on any atom is 0.324 e. The van der Waals surface area contributed by atoms with Gasteiger partial charge in [0, 0.05) is 13.1 Å². The van der Waals surface area contributed by atoms with E-state index in [9.17, 15) is 27.2 Å². The predicted molar refractivity (Wildman–Crippen MR) is 53.8 cm³/mol. The summed E-state index contributed by atoms with van der Waals surface area (Å²) in [6.07, 6.45) is -4.22. The third-order valence-corrected chi connectivity index (χ3v) is 2.06. The average Bonchev–Trinajstić information content (AvgIpc) is 2.26. The quantitative estimate of drug-likeness (QED) is 0.689. The molecular weight excluding hydrogens is 260 g/mol. The van der Waals surface area contributed by atoms with Crippen LogP contribution >= 0.6 is 0 Å². The zero-order chi connectivity index (χ0) is 14.3. The van der Waals surface area contributed by atoms with Gasteiger partial charge in [-0.05, 0) is 6.92 Å². The van der Waals surface area contributed by atoms with Crippen molar-refractivity contribution < 1.29 is 32.3 Å². The summed E-state index contributed by atoms with van der Waals surface area (Å²) in [5.74, 6) is -5.46. The summed E-state index contributed by atoms with van der Waals surface area (Å²) in [6.45, 7) is -0.0863. The van der Waals surface area contributed by atoms with Crippen LogP contribution in [0.2, 0.25) is 0 Å². The van der Waals surface area contributed by atoms with Gasteiger partial charge in [-0.15, -0.1) is 0 Å². The van der Waals surface area contributed by atoms with Crippen LogP contribution < -0.4 is 5.32 Å². The molecule has 0 saturated carbocycles. The molecule has 0 aliphatic heterocycles. The number of urea groups is 1. The van der Waals surface area contributed by atoms with E-state index in [0.29, 0.717) is 0 Å². The molecule has 18 heavy (non-hydrogen) atoms. The molecule has 0 unspecified atom stereocenters. The fraction of sp³-hybridized carbons (Fsp3) is 0.778. The topological polar surface area (TPSA) is 69.6 Å². The zero-order valence-electron chi connectivity index (χ0n) is 9.63. The van der Waals surface area contributed by atoms with Crippen molar-refractivity contribution in [1.29, 1.82) is 0 Å². The van der Waals surface area contributed by atoms with Gasteiger partial charge in [-0.3, -0.25) is 4.79 Å². The first-order valence-corrected chi connectivity index (χ1v) is 5.11. The van der Waals surface area contributed by atoms with Crippen molar-refractivity contribution in [3.8, 4) is 0 Å². The third-order valence-electron chi connectivity index (χ3n) is 2.06. The van der Waals surface area contributed by atoms with E-state index in [1.807, 2.05) is 0 Å². The van der Waals surface area contributed by atoms with Crippen LogP contribution in [-0.2, 0) is 4.79 Å². The Labute approximate surface area is 101 Å². The number of carboxylic acids is 1. The number of nitrogens with one attached hydrogen (secondary N) is 1. The van der Waals surface area contributed by atoms with Crippen molar-refractivity contribution in [2.75, 3.05) is 19.6 Å². The average molecular weight is 274 g/mol. The van der Waals surface area contributed by atoms with Gasteiger partial charge in [0.15, 0.2) is 0 Å². The molecule has 0 fully saturated rings. The number of hydrogen-bond acceptors (Lipinski definition) is 2. The summed E-state index contributed by atoms with van der Waals surface area (Å²) in [4.78, 5) is 22.5. The largest absolute Gasteiger partial charge is 0.481 e. The first-order valence-electron chi connectivity index (χ1n) is 5.11. The second kappa shape index (κ2) is 7.02. The summed E-state index contributed by atoms with van der Waals surface area (Å²) in [5.41, 5.74) is 0. The summed E-state index contributed by atoms with van der Waals surface area (Å²) in [5, 5.41) is 10.0. The van der Waals surface area contributed by atoms with Crippen LogP contribution in [0.25, 0.3) is 0 Å². The van der Waals surface area contributed by atoms with Gasteiger partial charge in [-0.25, -0.2) is 13.6 Å². The molecular formula is C9H14F4N2O3. The second-order valence-corrected chi connectivity index (χ2v) is 3.44. The lowest BCUT2D eigenvalue weighted by molar-refractivity contribution is -0.137. The molecule has 0 aromatic heterocycles. The van der Waals surface area contributed by atoms with Gasteiger partial charge in [0.1, 0.15) is 0 Å². The Kier molecular flexibility index (Phi) is 6.42. The highest BCUT2D eigenvalue weighted by Gasteiger charge is 2.41. The molecule has 0 aliphatic rings. The van der Waals surface area contributed by atoms with Crippen molar-refractivity contribution in [3.05, 3.63) is 0 Å². The number of nitrogens with zero attached hydrogens (tertiary/aromatic N) is 1. The van der Waals surface area contributed by atoms with E-state index in [-0.39, 0.29) is 19.5 Å². The maximum atomic E-state index is 12.5. The number of amides is 2. The summed E-state index contributed by atoms with van der Waals surface area (Å²) >= 11 is 0. The van der Waals surface area contributed by atoms with E-state index in [0.717, 1.165) is 4.90 Å². The molecule has 0 aromatic rings. The fourth-order valence-corrected chi connectivity index (χ4v) is 1.02. The molecule has 5 nitrogen and oxygen atoms in total. The Bertz CT molecular complexity index is 300. The smallest absolute Gasteiger partial charge is 0.324 e. The number of hydrogen-bond donors (Lipinski definition) is 2. The molecule has 0 radical (unpaired) electrons. The van der Waals surface area contributed by atoms with Gasteiger partial charge in [0.05, 0.1) is 13.0 Å². The van der Waals surface area contributed by atoms with Crippen LogP contribution in [0.15, 0.2) is 0 Å². The second-order valence-electron chi connectivity index (χ2n) is 3.44. The SMILES string of the molecule is CCN(CCC(=O)O)C(=O)NCC(F)(F)C(F)F. The number of aliphatic carboxylic acids is 1. The molecule has 0 bridgehead atoms. The van der Waals surface area contributed by atoms with Crippen LogP contribution in [0.1, 0.15) is 13.3 Å². The minimum Gasteiger partial charge on any atom is -0.481 e. The zero-order valence-corrected chi connectivity index (χ0v) is 9.63. The normalized spacial score (nSPS) is 11.4. The number of carbonyl (C=O) groups excluding carboxylic acids is 1. The highest BCUT2D eigenvalue weighted by atomic mass is 19.3. The molecule has 0 aromatic carbocycles. The van der Waals surface area contributed by atoms with Crippen molar-refractivity contribution >= 4 is 12.0 Å². The summed E-state index contributed by atoms with van der Waals surface area (Å²) in [6, 6.07) is -1.00. The number of carboxylic acid groups (broad SMARTS) is 1. The van der Waals surface area contributed by atoms with Crippen LogP contribution in [0, 0.1) is 0 Å². The van der Waals surface area contributed by atoms with Gasteiger partial charge in [0.25, 0.3) is 0 Å². The summed E-state index contributed by atoms with van der Waals surface area (Å²) in [7, 11) is 0. The lowest BCUT2D eigenvalue weighted by atomic mass is 10.3. The van der Waals surface area contributed by atoms with E-state index >= 15 is 0 Å². The van der Waals surface area contributed by atoms with E-state index < -0.39 is 30.9 Å². The minimum absolute atomic E-state index is 0.0827. The number of halogens is 4. The van der Waals surface area contributed by atoms with Gasteiger partial charge in [-0.1, -0.05) is 0 Å². The standard InChI is InChI=1S/C9H14F4N2O3/c1-2-15(4-3-6(16)17)8(18)14-5-9(12,13)7(10)11/h7H,2-5H2,1H3,(H,14,18)(H,16,17). The third kappa shape index (κ3) is 5.69. The Morgan fingerprint density at radius 1 is 1.39 bits per heavy atom. The fourth-order valence-electron chi connectivity index (χ4n) is 1.02. The summed E-state index contributed by atoms with van der Waals surface area (Å²) < 4.78 is 48.6. The minimum atomic E-state index is -4.30. The van der Waals surface area contributed by atoms with Crippen LogP contribution in [0.4, 0.5) is 22.4 Å². The van der Waals surface area contributed by atoms with Crippen LogP contribution in [0.3, 0.4) is 0 Å². The van der Waals surface area contributed by atoms with E-state index in [1.165, 1.54) is 6.92 Å². The van der Waals surface area contributed by atoms with E-state index in [2.05, 4.69) is 0 Å². The van der Waals surface area contributed by atoms with Gasteiger partial charge >= 0.3 is 24.3 Å². The molecule has 0 rings (SSSR count). The Balaban J connectivity index is 4.24. The van der Waals surface area contributed by atoms with Crippen LogP contribution in [0.5, 0.6) is 0 Å². The molecule has 0 heterocycles. The number of alkyl halides is 4. The van der Waals surface area contributed by atoms with Crippen molar-refractivity contribution in [3.63, 3.8) is 0 Å². The lowest BCUT2D eigenvalue weighted by Crippen LogP contribution is -2.47. The molecule has 0 atom stereocenters. The lowest BCUT2D eigenvalue weighted by Gasteiger charge is -2.22. The van der Waals surface area contributed by atoms with Crippen LogP contribution in [-0.4, -0.2) is 54.0 Å². The van der Waals surface area contributed by atoms with Crippen molar-refractivity contribution in [1.82, 2.24) is 10.2 Å². The Morgan fingerprint density at radius 2 is 1.94 bits per heavy atom. The van der Waals surface area contributed by atoms with Gasteiger partial charge in [-0.2, -0.15) is 8.78 Å². The maximum absolute atomic E-state index is 12.5. The number of carbonyl (C=O) groups is 2. The molecule has 0 spiro atoms. The van der Waals surface area contributed by atoms with Gasteiger partial charge in [0.2, 0.25) is 0 Å². The predicted octanol–water partition coefficient (Wildman–Crippen LogP) is 1.39. The van der Waals surface area contributed by atoms with Crippen molar-refractivity contribution in [2.45, 2.75) is 25.7 Å². The Morgan fingerprint density at radius 3 is 2.33 bits per heavy atom. The first-order chi connectivity index (χ1) is 8.20. The molecule has 2 amide bonds. The molecule has 9 heteroatoms. The van der Waals surface area contributed by atoms with Gasteiger partial charge < -0.3 is 15.3 Å². The molecule has 2 N–H and O–H groups in total. The Hall–Kier alpha value is -1.54. The van der Waals surface area contributed by atoms with Crippen molar-refractivity contribution in [2.24, 2.45) is 0 Å². The molecule has 0 saturated heterocycles. The molecule has 0 aliphatic carbocycles. The van der Waals surface area contributed by atoms with E-state index in [4.69, 9.17) is 5.11 Å². The molecule has 106 valence electrons. The first kappa shape index (κ1) is 16.5. The highest BCUT2D eigenvalue weighted by Crippen LogP contribution is 2.21. The monoisotopic (exact) mass is 274 g/mol. The highest BCUT2D eigenvalue weighted by molar-refractivity contribution is 5.75.